The number of carbonyl (C=O) groups is 2. The summed E-state index contributed by atoms with van der Waals surface area (Å²) in [5.41, 5.74) is 3.20. The Hall–Kier alpha value is -3.48. The third kappa shape index (κ3) is 3.51. The number of phenolic OH excluding ortho intramolecular Hbond substituents is 1. The lowest BCUT2D eigenvalue weighted by Gasteiger charge is -2.31. The molecule has 4 rings (SSSR count). The van der Waals surface area contributed by atoms with Crippen LogP contribution in [-0.4, -0.2) is 54.1 Å². The zero-order chi connectivity index (χ0) is 20.5. The predicted octanol–water partition coefficient (Wildman–Crippen LogP) is 2.44. The zero-order valence-electron chi connectivity index (χ0n) is 16.4. The first-order valence-corrected chi connectivity index (χ1v) is 9.46. The number of carbonyl (C=O) groups excluding carboxylic acids is 2. The molecule has 2 aromatic carbocycles. The van der Waals surface area contributed by atoms with Crippen LogP contribution in [0.4, 0.5) is 4.79 Å². The molecule has 0 fully saturated rings. The molecule has 150 valence electrons. The molecule has 2 heterocycles. The second-order valence-electron chi connectivity index (χ2n) is 7.22. The minimum atomic E-state index is -0.521. The van der Waals surface area contributed by atoms with Crippen LogP contribution in [0.25, 0.3) is 0 Å². The molecule has 0 aliphatic carbocycles. The van der Waals surface area contributed by atoms with E-state index in [4.69, 9.17) is 4.74 Å². The van der Waals surface area contributed by atoms with Crippen molar-refractivity contribution in [3.63, 3.8) is 0 Å². The van der Waals surface area contributed by atoms with Crippen molar-refractivity contribution in [1.29, 1.82) is 0 Å². The second kappa shape index (κ2) is 7.50. The number of hydrogen-bond acceptors (Lipinski definition) is 4. The Bertz CT molecular complexity index is 967. The Kier molecular flexibility index (Phi) is 4.88. The van der Waals surface area contributed by atoms with Crippen LogP contribution < -0.4 is 10.1 Å². The number of aromatic hydroxyl groups is 1. The van der Waals surface area contributed by atoms with Crippen molar-refractivity contribution in [3.05, 3.63) is 70.9 Å². The maximum Gasteiger partial charge on any atom is 0.322 e. The number of methoxy groups -OCH3 is 1. The molecule has 0 radical (unpaired) electrons. The fourth-order valence-electron chi connectivity index (χ4n) is 3.78. The number of urea groups is 1. The van der Waals surface area contributed by atoms with Gasteiger partial charge in [-0.3, -0.25) is 9.69 Å². The molecule has 0 spiro atoms. The molecule has 0 aromatic heterocycles. The summed E-state index contributed by atoms with van der Waals surface area (Å²) in [7, 11) is 3.31. The quantitative estimate of drug-likeness (QED) is 0.818. The SMILES string of the molecule is COc1ccc(CCN2CC3=C(C2=O)C(c2ccc(O)cc2)NC(=O)N3C)cc1. The Morgan fingerprint density at radius 1 is 1.10 bits per heavy atom. The van der Waals surface area contributed by atoms with Crippen LogP contribution in [0.3, 0.4) is 0 Å². The summed E-state index contributed by atoms with van der Waals surface area (Å²) in [6.45, 7) is 0.964. The summed E-state index contributed by atoms with van der Waals surface area (Å²) in [4.78, 5) is 28.9. The Morgan fingerprint density at radius 3 is 2.45 bits per heavy atom. The van der Waals surface area contributed by atoms with E-state index < -0.39 is 6.04 Å². The van der Waals surface area contributed by atoms with Crippen LogP contribution in [-0.2, 0) is 11.2 Å². The number of amides is 3. The number of benzene rings is 2. The standard InChI is InChI=1S/C22H23N3O4/c1-24-18-13-25(12-11-14-3-9-17(29-2)10-4-14)21(27)19(18)20(23-22(24)28)15-5-7-16(26)8-6-15/h3-10,20,26H,11-13H2,1-2H3,(H,23,28). The number of hydrogen-bond donors (Lipinski definition) is 2. The lowest BCUT2D eigenvalue weighted by atomic mass is 9.95. The first-order valence-electron chi connectivity index (χ1n) is 9.46. The molecule has 7 nitrogen and oxygen atoms in total. The van der Waals surface area contributed by atoms with Gasteiger partial charge in [0.05, 0.1) is 31.0 Å². The van der Waals surface area contributed by atoms with Crippen molar-refractivity contribution < 1.29 is 19.4 Å². The first-order chi connectivity index (χ1) is 14.0. The van der Waals surface area contributed by atoms with Crippen LogP contribution in [0.1, 0.15) is 17.2 Å². The number of phenols is 1. The number of nitrogens with zero attached hydrogens (tertiary/aromatic N) is 2. The van der Waals surface area contributed by atoms with E-state index in [1.807, 2.05) is 24.3 Å². The molecular formula is C22H23N3O4. The molecule has 0 saturated heterocycles. The first kappa shape index (κ1) is 18.9. The molecule has 29 heavy (non-hydrogen) atoms. The summed E-state index contributed by atoms with van der Waals surface area (Å²) in [5.74, 6) is 0.866. The molecule has 7 heteroatoms. The van der Waals surface area contributed by atoms with Crippen molar-refractivity contribution in [2.45, 2.75) is 12.5 Å². The van der Waals surface area contributed by atoms with Gasteiger partial charge in [0.2, 0.25) is 0 Å². The van der Waals surface area contributed by atoms with Crippen LogP contribution in [0, 0.1) is 0 Å². The molecule has 2 aromatic rings. The largest absolute Gasteiger partial charge is 0.508 e. The molecule has 1 unspecified atom stereocenters. The average Bonchev–Trinajstić information content (AvgIpc) is 3.07. The summed E-state index contributed by atoms with van der Waals surface area (Å²) in [5, 5.41) is 12.4. The van der Waals surface area contributed by atoms with Gasteiger partial charge in [0.1, 0.15) is 11.5 Å². The average molecular weight is 393 g/mol. The van der Waals surface area contributed by atoms with Crippen molar-refractivity contribution in [1.82, 2.24) is 15.1 Å². The Morgan fingerprint density at radius 2 is 1.79 bits per heavy atom. The van der Waals surface area contributed by atoms with Gasteiger partial charge in [0.25, 0.3) is 5.91 Å². The molecule has 0 saturated carbocycles. The number of rotatable bonds is 5. The minimum Gasteiger partial charge on any atom is -0.508 e. The van der Waals surface area contributed by atoms with Crippen molar-refractivity contribution in [2.75, 3.05) is 27.2 Å². The van der Waals surface area contributed by atoms with E-state index in [1.54, 1.807) is 43.3 Å². The highest BCUT2D eigenvalue weighted by Crippen LogP contribution is 2.36. The summed E-state index contributed by atoms with van der Waals surface area (Å²) in [6, 6.07) is 13.6. The van der Waals surface area contributed by atoms with E-state index in [0.717, 1.165) is 22.6 Å². The van der Waals surface area contributed by atoms with Crippen molar-refractivity contribution in [3.8, 4) is 11.5 Å². The van der Waals surface area contributed by atoms with Gasteiger partial charge in [-0.2, -0.15) is 0 Å². The second-order valence-corrected chi connectivity index (χ2v) is 7.22. The third-order valence-corrected chi connectivity index (χ3v) is 5.49. The number of nitrogens with one attached hydrogen (secondary N) is 1. The van der Waals surface area contributed by atoms with E-state index in [2.05, 4.69) is 5.32 Å². The number of likely N-dealkylation sites (N-methyl/N-ethyl adjacent to an activating group) is 1. The van der Waals surface area contributed by atoms with Crippen LogP contribution in [0.2, 0.25) is 0 Å². The maximum atomic E-state index is 13.2. The fourth-order valence-corrected chi connectivity index (χ4v) is 3.78. The van der Waals surface area contributed by atoms with Gasteiger partial charge in [0.15, 0.2) is 0 Å². The van der Waals surface area contributed by atoms with Crippen molar-refractivity contribution in [2.24, 2.45) is 0 Å². The van der Waals surface area contributed by atoms with Gasteiger partial charge in [-0.05, 0) is 41.8 Å². The molecule has 3 amide bonds. The van der Waals surface area contributed by atoms with Crippen LogP contribution in [0.5, 0.6) is 11.5 Å². The highest BCUT2D eigenvalue weighted by atomic mass is 16.5. The summed E-state index contributed by atoms with van der Waals surface area (Å²) < 4.78 is 5.18. The lowest BCUT2D eigenvalue weighted by molar-refractivity contribution is -0.125. The van der Waals surface area contributed by atoms with Crippen molar-refractivity contribution >= 4 is 11.9 Å². The molecule has 2 aliphatic rings. The molecular weight excluding hydrogens is 370 g/mol. The van der Waals surface area contributed by atoms with Gasteiger partial charge in [-0.25, -0.2) is 4.79 Å². The summed E-state index contributed by atoms with van der Waals surface area (Å²) >= 11 is 0. The lowest BCUT2D eigenvalue weighted by Crippen LogP contribution is -2.45. The van der Waals surface area contributed by atoms with Gasteiger partial charge in [-0.1, -0.05) is 24.3 Å². The van der Waals surface area contributed by atoms with Crippen LogP contribution >= 0.6 is 0 Å². The fraction of sp³-hybridized carbons (Fsp3) is 0.273. The van der Waals surface area contributed by atoms with Gasteiger partial charge >= 0.3 is 6.03 Å². The molecule has 2 aliphatic heterocycles. The highest BCUT2D eigenvalue weighted by Gasteiger charge is 2.42. The van der Waals surface area contributed by atoms with Gasteiger partial charge in [-0.15, -0.1) is 0 Å². The van der Waals surface area contributed by atoms with Crippen LogP contribution in [0.15, 0.2) is 59.8 Å². The van der Waals surface area contributed by atoms with E-state index in [9.17, 15) is 14.7 Å². The monoisotopic (exact) mass is 393 g/mol. The van der Waals surface area contributed by atoms with Gasteiger partial charge in [0, 0.05) is 13.6 Å². The predicted molar refractivity (Wildman–Crippen MR) is 107 cm³/mol. The minimum absolute atomic E-state index is 0.0709. The highest BCUT2D eigenvalue weighted by molar-refractivity contribution is 6.01. The molecule has 0 bridgehead atoms. The maximum absolute atomic E-state index is 13.2. The normalized spacial score (nSPS) is 18.8. The Labute approximate surface area is 169 Å². The number of ether oxygens (including phenoxy) is 1. The van der Waals surface area contributed by atoms with E-state index in [-0.39, 0.29) is 17.7 Å². The smallest absolute Gasteiger partial charge is 0.322 e. The third-order valence-electron chi connectivity index (χ3n) is 5.49. The summed E-state index contributed by atoms with van der Waals surface area (Å²) in [6.07, 6.45) is 0.714. The molecule has 1 atom stereocenters. The van der Waals surface area contributed by atoms with E-state index in [1.165, 1.54) is 4.90 Å². The Balaban J connectivity index is 1.54. The van der Waals surface area contributed by atoms with E-state index >= 15 is 0 Å². The molecule has 2 N–H and O–H groups in total. The topological polar surface area (TPSA) is 82.1 Å². The van der Waals surface area contributed by atoms with Gasteiger partial charge < -0.3 is 20.1 Å². The van der Waals surface area contributed by atoms with E-state index in [0.29, 0.717) is 25.1 Å². The zero-order valence-corrected chi connectivity index (χ0v) is 16.4.